The molecule has 27 nitrogen and oxygen atoms in total. The number of carbonyl (C=O) groups excluding carboxylic acids is 9. The Labute approximate surface area is 769 Å². The number of carbonyl (C=O) groups is 9. The highest BCUT2D eigenvalue weighted by atomic mass is 19.1. The number of nitrogens with zero attached hydrogens (tertiary/aromatic N) is 9. The van der Waals surface area contributed by atoms with E-state index in [-0.39, 0.29) is 88.2 Å². The SMILES string of the molecule is CN(C(=O)C(C)(C)C[NH3+])c1cc(F)cc(C(=O)N2CCN(C(=O)c3ccc(O[C@H]4CC[NH2+]C4)c(C4CCCCC4)c3)CC2)c1.CN(C(=O)C(C)(C)[NH3+])c1cc(F)cc(C(=O)N2CCN(C(=O)c3ccc(O[C@H]4CC[NH2+]C4)c(C4CCCCC4)c3)CC2)c1.CN(C(=O)CCCC[NH3+])c1cc(F)cc(C(=O)N2CCN(C(=O)c3ccc(O[C@H]4CC[NH2+]C4)c(C4CCCCC4)c3)CC2)c1. The molecule has 15 rings (SSSR count). The molecule has 0 bridgehead atoms. The van der Waals surface area contributed by atoms with E-state index >= 15 is 0 Å². The van der Waals surface area contributed by atoms with Crippen LogP contribution < -0.4 is 62.1 Å². The van der Waals surface area contributed by atoms with E-state index in [0.717, 1.165) is 150 Å². The molecule has 6 aliphatic heterocycles. The number of benzene rings is 6. The second kappa shape index (κ2) is 45.3. The predicted molar refractivity (Wildman–Crippen MR) is 494 cm³/mol. The van der Waals surface area contributed by atoms with Crippen LogP contribution in [0.4, 0.5) is 30.2 Å². The molecule has 6 heterocycles. The van der Waals surface area contributed by atoms with Gasteiger partial charge in [0.1, 0.15) is 54.3 Å². The molecule has 9 fully saturated rings. The normalized spacial score (nSPS) is 19.5. The summed E-state index contributed by atoms with van der Waals surface area (Å²) in [6, 6.07) is 29.8. The van der Waals surface area contributed by atoms with E-state index in [1.54, 1.807) is 90.4 Å². The second-order valence-electron chi connectivity index (χ2n) is 38.6. The molecule has 0 radical (unpaired) electrons. The Balaban J connectivity index is 0.000000167. The molecule has 0 unspecified atom stereocenters. The van der Waals surface area contributed by atoms with Crippen molar-refractivity contribution < 1.29 is 104 Å². The molecule has 0 spiro atoms. The number of anilines is 3. The first-order valence-corrected chi connectivity index (χ1v) is 48.2. The molecule has 30 heteroatoms. The van der Waals surface area contributed by atoms with Gasteiger partial charge in [0.15, 0.2) is 23.9 Å². The lowest BCUT2D eigenvalue weighted by Gasteiger charge is -2.35. The molecule has 6 saturated heterocycles. The summed E-state index contributed by atoms with van der Waals surface area (Å²) < 4.78 is 63.1. The maximum Gasteiger partial charge on any atom is 0.287 e. The van der Waals surface area contributed by atoms with E-state index in [2.05, 4.69) is 39.2 Å². The van der Waals surface area contributed by atoms with E-state index in [4.69, 9.17) is 14.2 Å². The molecule has 6 aromatic rings. The minimum Gasteiger partial charge on any atom is -0.484 e. The molecule has 3 aliphatic carbocycles. The summed E-state index contributed by atoms with van der Waals surface area (Å²) >= 11 is 0. The first-order valence-electron chi connectivity index (χ1n) is 48.2. The summed E-state index contributed by atoms with van der Waals surface area (Å²) in [6.45, 7) is 18.7. The van der Waals surface area contributed by atoms with E-state index < -0.39 is 28.4 Å². The lowest BCUT2D eigenvalue weighted by atomic mass is 9.83. The quantitative estimate of drug-likeness (QED) is 0.0311. The molecule has 131 heavy (non-hydrogen) atoms. The minimum absolute atomic E-state index is 0.0399. The fourth-order valence-corrected chi connectivity index (χ4v) is 19.7. The first kappa shape index (κ1) is 98.0. The summed E-state index contributed by atoms with van der Waals surface area (Å²) in [4.78, 5) is 134. The van der Waals surface area contributed by atoms with Crippen LogP contribution in [0.5, 0.6) is 17.2 Å². The molecule has 9 aliphatic rings. The number of unbranched alkanes of at least 4 members (excludes halogenated alkanes) is 1. The van der Waals surface area contributed by atoms with Gasteiger partial charge in [-0.15, -0.1) is 0 Å². The Morgan fingerprint density at radius 2 is 0.649 bits per heavy atom. The highest BCUT2D eigenvalue weighted by molar-refractivity contribution is 6.03. The molecule has 708 valence electrons. The second-order valence-corrected chi connectivity index (χ2v) is 38.6. The molecule has 3 saturated carbocycles. The van der Waals surface area contributed by atoms with Crippen LogP contribution in [-0.4, -0.2) is 258 Å². The van der Waals surface area contributed by atoms with E-state index in [1.807, 2.05) is 48.5 Å². The first-order chi connectivity index (χ1) is 62.9. The molecular formula is C101H142F3N15O12+6. The minimum atomic E-state index is -0.896. The van der Waals surface area contributed by atoms with Crippen LogP contribution in [0.3, 0.4) is 0 Å². The van der Waals surface area contributed by atoms with Crippen LogP contribution in [0.25, 0.3) is 0 Å². The predicted octanol–water partition coefficient (Wildman–Crippen LogP) is 7.15. The Kier molecular flexibility index (Phi) is 33.9. The van der Waals surface area contributed by atoms with Crippen LogP contribution >= 0.6 is 0 Å². The number of ether oxygens (including phenoxy) is 3. The zero-order valence-corrected chi connectivity index (χ0v) is 78.3. The fraction of sp³-hybridized carbons (Fsp3) is 0.554. The van der Waals surface area contributed by atoms with Crippen molar-refractivity contribution >= 4 is 70.2 Å². The summed E-state index contributed by atoms with van der Waals surface area (Å²) in [5.41, 5.74) is 16.9. The van der Waals surface area contributed by atoms with Crippen molar-refractivity contribution in [1.29, 1.82) is 0 Å². The van der Waals surface area contributed by atoms with E-state index in [9.17, 15) is 56.3 Å². The van der Waals surface area contributed by atoms with E-state index in [1.165, 1.54) is 115 Å². The Bertz CT molecular complexity index is 4990. The lowest BCUT2D eigenvalue weighted by Crippen LogP contribution is -2.81. The average Bonchev–Trinajstić information content (AvgIpc) is 1.76. The third-order valence-electron chi connectivity index (χ3n) is 27.9. The van der Waals surface area contributed by atoms with Crippen molar-refractivity contribution in [3.05, 3.63) is 177 Å². The van der Waals surface area contributed by atoms with Crippen molar-refractivity contribution in [3.63, 3.8) is 0 Å². The van der Waals surface area contributed by atoms with Gasteiger partial charge in [0.05, 0.1) is 38.1 Å². The molecule has 6 aromatic carbocycles. The summed E-state index contributed by atoms with van der Waals surface area (Å²) in [5.74, 6) is 0.531. The summed E-state index contributed by atoms with van der Waals surface area (Å²) in [6.07, 6.45) is 23.3. The summed E-state index contributed by atoms with van der Waals surface area (Å²) in [5, 5.41) is 6.85. The maximum absolute atomic E-state index is 14.6. The number of quaternary nitrogens is 6. The standard InChI is InChI=1S/2C34H46FN5O4.C33H44FN5O4/c1-34(2,22-36)33(43)38(3)27-18-25(17-26(35)20-27)32(42)40-15-13-39(14-16-40)31(41)24-9-10-30(44-28-11-12-37-21-28)29(19-24)23-7-5-4-6-8-23;1-38(32(41)9-5-6-13-36)28-20-26(19-27(35)22-28)34(43)40-17-15-39(16-18-40)33(42)25-10-11-31(44-29-12-14-37-23-29)30(21-25)24-7-3-2-4-8-24;1-33(2,35)32(42)37(3)26-18-24(17-25(34)20-26)31(41)39-15-13-38(14-16-39)30(40)23-9-10-29(43-27-11-12-36-21-27)28(19-23)22-7-5-4-6-8-22/h9-10,17-20,23,28,37H,4-8,11-16,21-22,36H2,1-3H3;10-11,19-22,24,29,37H,2-9,12-18,23,36H2,1H3;9-10,17-20,22,27,36H,4-8,11-16,21,35H2,1-3H3/p+6/t28-;29-;27-/m000/s1. The summed E-state index contributed by atoms with van der Waals surface area (Å²) in [7, 11) is 4.73. The van der Waals surface area contributed by atoms with Crippen molar-refractivity contribution in [2.45, 2.75) is 204 Å². The Hall–Kier alpha value is -10.5. The maximum atomic E-state index is 14.6. The van der Waals surface area contributed by atoms with Crippen LogP contribution in [0.2, 0.25) is 0 Å². The van der Waals surface area contributed by atoms with Gasteiger partial charge < -0.3 is 91.5 Å². The number of nitrogens with two attached hydrogens (primary N) is 3. The van der Waals surface area contributed by atoms with Gasteiger partial charge >= 0.3 is 0 Å². The zero-order valence-electron chi connectivity index (χ0n) is 78.3. The number of hydrogen-bond acceptors (Lipinski definition) is 12. The van der Waals surface area contributed by atoms with Gasteiger partial charge in [0, 0.05) is 176 Å². The van der Waals surface area contributed by atoms with Crippen LogP contribution in [0, 0.1) is 22.9 Å². The largest absolute Gasteiger partial charge is 0.484 e. The molecule has 9 amide bonds. The van der Waals surface area contributed by atoms with Gasteiger partial charge in [0.25, 0.3) is 41.4 Å². The number of halogens is 3. The Morgan fingerprint density at radius 3 is 0.916 bits per heavy atom. The number of piperazine rings is 3. The van der Waals surface area contributed by atoms with Gasteiger partial charge in [-0.25, -0.2) is 13.2 Å². The molecule has 3 atom stereocenters. The van der Waals surface area contributed by atoms with Crippen LogP contribution in [0.15, 0.2) is 109 Å². The van der Waals surface area contributed by atoms with Crippen LogP contribution in [0.1, 0.15) is 259 Å². The van der Waals surface area contributed by atoms with Gasteiger partial charge in [0.2, 0.25) is 11.8 Å². The highest BCUT2D eigenvalue weighted by Gasteiger charge is 2.38. The third-order valence-corrected chi connectivity index (χ3v) is 27.9. The monoisotopic (exact) mass is 1810 g/mol. The average molecular weight is 1820 g/mol. The van der Waals surface area contributed by atoms with Crippen molar-refractivity contribution in [2.24, 2.45) is 5.41 Å². The van der Waals surface area contributed by atoms with Crippen molar-refractivity contribution in [3.8, 4) is 17.2 Å². The topological polar surface area (TPSA) is 343 Å². The van der Waals surface area contributed by atoms with E-state index in [0.29, 0.717) is 143 Å². The highest BCUT2D eigenvalue weighted by Crippen LogP contribution is 2.43. The molecule has 15 N–H and O–H groups in total. The lowest BCUT2D eigenvalue weighted by molar-refractivity contribution is -0.638. The van der Waals surface area contributed by atoms with Crippen molar-refractivity contribution in [2.75, 3.05) is 167 Å². The van der Waals surface area contributed by atoms with Gasteiger partial charge in [-0.2, -0.15) is 0 Å². The van der Waals surface area contributed by atoms with Gasteiger partial charge in [-0.1, -0.05) is 57.8 Å². The van der Waals surface area contributed by atoms with Gasteiger partial charge in [-0.3, -0.25) is 43.2 Å². The Morgan fingerprint density at radius 1 is 0.366 bits per heavy atom. The van der Waals surface area contributed by atoms with Gasteiger partial charge in [-0.05, 0) is 223 Å². The fourth-order valence-electron chi connectivity index (χ4n) is 19.7. The zero-order chi connectivity index (χ0) is 93.2. The number of rotatable bonds is 25. The third kappa shape index (κ3) is 25.3. The number of likely N-dealkylation sites (N-methyl/N-ethyl adjacent to an activating group) is 1. The van der Waals surface area contributed by atoms with Crippen LogP contribution in [-0.2, 0) is 14.4 Å². The van der Waals surface area contributed by atoms with Crippen molar-refractivity contribution in [1.82, 2.24) is 29.4 Å². The number of hydrogen-bond donors (Lipinski definition) is 6. The molecular weight excluding hydrogens is 1670 g/mol. The molecule has 0 aromatic heterocycles. The number of amides is 9. The smallest absolute Gasteiger partial charge is 0.287 e.